The Morgan fingerprint density at radius 3 is 2.52 bits per heavy atom. The molecule has 3 heterocycles. The first-order valence-corrected chi connectivity index (χ1v) is 9.10. The van der Waals surface area contributed by atoms with Crippen LogP contribution in [0.3, 0.4) is 0 Å². The molecule has 2 unspecified atom stereocenters. The van der Waals surface area contributed by atoms with E-state index in [1.54, 1.807) is 43.3 Å². The Hall–Kier alpha value is -1.95. The van der Waals surface area contributed by atoms with Crippen molar-refractivity contribution >= 4 is 11.8 Å². The molecule has 1 aromatic rings. The highest BCUT2D eigenvalue weighted by atomic mass is 16.3. The lowest BCUT2D eigenvalue weighted by Gasteiger charge is -2.38. The van der Waals surface area contributed by atoms with Crippen LogP contribution < -0.4 is 0 Å². The van der Waals surface area contributed by atoms with Crippen molar-refractivity contribution in [3.8, 4) is 0 Å². The van der Waals surface area contributed by atoms with Crippen molar-refractivity contribution in [1.82, 2.24) is 14.8 Å². The van der Waals surface area contributed by atoms with E-state index in [-0.39, 0.29) is 23.8 Å². The first kappa shape index (κ1) is 17.9. The van der Waals surface area contributed by atoms with Crippen LogP contribution in [-0.4, -0.2) is 63.0 Å². The van der Waals surface area contributed by atoms with Crippen molar-refractivity contribution in [2.45, 2.75) is 51.2 Å². The second-order valence-corrected chi connectivity index (χ2v) is 7.67. The molecule has 0 aromatic carbocycles. The third kappa shape index (κ3) is 3.84. The lowest BCUT2D eigenvalue weighted by molar-refractivity contribution is -0.142. The number of aliphatic hydroxyl groups is 1. The number of likely N-dealkylation sites (tertiary alicyclic amines) is 2. The van der Waals surface area contributed by atoms with Gasteiger partial charge in [-0.1, -0.05) is 0 Å². The van der Waals surface area contributed by atoms with Crippen molar-refractivity contribution in [3.05, 3.63) is 30.1 Å². The summed E-state index contributed by atoms with van der Waals surface area (Å²) in [5.74, 6) is -0.139. The number of pyridine rings is 1. The largest absolute Gasteiger partial charge is 0.388 e. The quantitative estimate of drug-likeness (QED) is 0.905. The Balaban J connectivity index is 1.69. The number of carbonyl (C=O) groups excluding carboxylic acids is 2. The zero-order valence-corrected chi connectivity index (χ0v) is 15.0. The SMILES string of the molecule is CC(C)(O)C1CCCN1C(=O)C1CCCN(C(=O)c2ccncc2)C1. The second-order valence-electron chi connectivity index (χ2n) is 7.67. The zero-order chi connectivity index (χ0) is 18.0. The van der Waals surface area contributed by atoms with Gasteiger partial charge < -0.3 is 14.9 Å². The van der Waals surface area contributed by atoms with E-state index in [1.807, 2.05) is 4.90 Å². The van der Waals surface area contributed by atoms with Crippen molar-refractivity contribution in [3.63, 3.8) is 0 Å². The first-order valence-electron chi connectivity index (χ1n) is 9.10. The summed E-state index contributed by atoms with van der Waals surface area (Å²) in [6.07, 6.45) is 6.60. The molecule has 1 aromatic heterocycles. The van der Waals surface area contributed by atoms with Gasteiger partial charge in [0.1, 0.15) is 0 Å². The first-order chi connectivity index (χ1) is 11.9. The Morgan fingerprint density at radius 1 is 1.16 bits per heavy atom. The summed E-state index contributed by atoms with van der Waals surface area (Å²) >= 11 is 0. The molecule has 6 nitrogen and oxygen atoms in total. The van der Waals surface area contributed by atoms with Gasteiger partial charge in [-0.15, -0.1) is 0 Å². The molecule has 0 radical (unpaired) electrons. The molecule has 2 saturated heterocycles. The minimum atomic E-state index is -0.895. The highest BCUT2D eigenvalue weighted by molar-refractivity contribution is 5.94. The number of piperidine rings is 1. The Morgan fingerprint density at radius 2 is 1.84 bits per heavy atom. The standard InChI is InChI=1S/C19H27N3O3/c1-19(2,25)16-6-4-12-22(16)18(24)15-5-3-11-21(13-15)17(23)14-7-9-20-10-8-14/h7-10,15-16,25H,3-6,11-13H2,1-2H3. The van der Waals surface area contributed by atoms with E-state index < -0.39 is 5.60 Å². The normalized spacial score (nSPS) is 24.4. The van der Waals surface area contributed by atoms with Gasteiger partial charge in [-0.3, -0.25) is 14.6 Å². The topological polar surface area (TPSA) is 73.7 Å². The van der Waals surface area contributed by atoms with Gasteiger partial charge in [0, 0.05) is 37.6 Å². The molecule has 2 atom stereocenters. The molecule has 2 fully saturated rings. The van der Waals surface area contributed by atoms with Gasteiger partial charge >= 0.3 is 0 Å². The Labute approximate surface area is 148 Å². The summed E-state index contributed by atoms with van der Waals surface area (Å²) in [4.78, 5) is 33.2. The van der Waals surface area contributed by atoms with Crippen LogP contribution in [-0.2, 0) is 4.79 Å². The maximum Gasteiger partial charge on any atom is 0.253 e. The Kier molecular flexibility index (Phi) is 5.08. The highest BCUT2D eigenvalue weighted by Crippen LogP contribution is 2.30. The van der Waals surface area contributed by atoms with Gasteiger partial charge in [0.25, 0.3) is 5.91 Å². The molecular formula is C19H27N3O3. The fourth-order valence-corrected chi connectivity index (χ4v) is 4.04. The van der Waals surface area contributed by atoms with Crippen LogP contribution >= 0.6 is 0 Å². The number of rotatable bonds is 3. The van der Waals surface area contributed by atoms with Crippen LogP contribution in [0.2, 0.25) is 0 Å². The molecule has 0 spiro atoms. The van der Waals surface area contributed by atoms with Gasteiger partial charge in [0.05, 0.1) is 17.6 Å². The molecular weight excluding hydrogens is 318 g/mol. The summed E-state index contributed by atoms with van der Waals surface area (Å²) in [5, 5.41) is 10.4. The minimum Gasteiger partial charge on any atom is -0.388 e. The number of amides is 2. The second kappa shape index (κ2) is 7.12. The van der Waals surface area contributed by atoms with Crippen LogP contribution in [0.5, 0.6) is 0 Å². The average molecular weight is 345 g/mol. The average Bonchev–Trinajstić information content (AvgIpc) is 3.11. The number of carbonyl (C=O) groups is 2. The summed E-state index contributed by atoms with van der Waals surface area (Å²) in [6, 6.07) is 3.28. The number of hydrogen-bond acceptors (Lipinski definition) is 4. The molecule has 136 valence electrons. The van der Waals surface area contributed by atoms with E-state index in [0.29, 0.717) is 25.2 Å². The minimum absolute atomic E-state index is 0.0413. The fraction of sp³-hybridized carbons (Fsp3) is 0.632. The molecule has 1 N–H and O–H groups in total. The van der Waals surface area contributed by atoms with E-state index in [9.17, 15) is 14.7 Å². The molecule has 6 heteroatoms. The summed E-state index contributed by atoms with van der Waals surface area (Å²) in [5.41, 5.74) is -0.286. The van der Waals surface area contributed by atoms with Crippen molar-refractivity contribution in [2.75, 3.05) is 19.6 Å². The zero-order valence-electron chi connectivity index (χ0n) is 15.0. The van der Waals surface area contributed by atoms with E-state index in [0.717, 1.165) is 25.7 Å². The number of aromatic nitrogens is 1. The van der Waals surface area contributed by atoms with E-state index in [4.69, 9.17) is 0 Å². The van der Waals surface area contributed by atoms with Gasteiger partial charge in [-0.05, 0) is 51.7 Å². The molecule has 2 aliphatic heterocycles. The highest BCUT2D eigenvalue weighted by Gasteiger charge is 2.41. The van der Waals surface area contributed by atoms with E-state index >= 15 is 0 Å². The molecule has 0 aliphatic carbocycles. The molecule has 2 aliphatic rings. The molecule has 2 amide bonds. The van der Waals surface area contributed by atoms with Crippen molar-refractivity contribution < 1.29 is 14.7 Å². The molecule has 25 heavy (non-hydrogen) atoms. The predicted octanol–water partition coefficient (Wildman–Crippen LogP) is 1.70. The van der Waals surface area contributed by atoms with Gasteiger partial charge in [-0.25, -0.2) is 0 Å². The van der Waals surface area contributed by atoms with Crippen LogP contribution in [0.25, 0.3) is 0 Å². The predicted molar refractivity (Wildman–Crippen MR) is 93.9 cm³/mol. The third-order valence-electron chi connectivity index (χ3n) is 5.34. The van der Waals surface area contributed by atoms with E-state index in [2.05, 4.69) is 4.98 Å². The maximum absolute atomic E-state index is 13.0. The monoisotopic (exact) mass is 345 g/mol. The lowest BCUT2D eigenvalue weighted by atomic mass is 9.92. The van der Waals surface area contributed by atoms with Crippen LogP contribution in [0, 0.1) is 5.92 Å². The smallest absolute Gasteiger partial charge is 0.253 e. The van der Waals surface area contributed by atoms with E-state index in [1.165, 1.54) is 0 Å². The molecule has 3 rings (SSSR count). The van der Waals surface area contributed by atoms with Crippen LogP contribution in [0.15, 0.2) is 24.5 Å². The van der Waals surface area contributed by atoms with Crippen LogP contribution in [0.1, 0.15) is 49.9 Å². The van der Waals surface area contributed by atoms with Gasteiger partial charge in [-0.2, -0.15) is 0 Å². The summed E-state index contributed by atoms with van der Waals surface area (Å²) in [7, 11) is 0. The Bertz CT molecular complexity index is 627. The summed E-state index contributed by atoms with van der Waals surface area (Å²) < 4.78 is 0. The number of nitrogens with zero attached hydrogens (tertiary/aromatic N) is 3. The third-order valence-corrected chi connectivity index (χ3v) is 5.34. The molecule has 0 saturated carbocycles. The van der Waals surface area contributed by atoms with Gasteiger partial charge in [0.2, 0.25) is 5.91 Å². The lowest BCUT2D eigenvalue weighted by Crippen LogP contribution is -2.52. The number of hydrogen-bond donors (Lipinski definition) is 1. The maximum atomic E-state index is 13.0. The van der Waals surface area contributed by atoms with Gasteiger partial charge in [0.15, 0.2) is 0 Å². The summed E-state index contributed by atoms with van der Waals surface area (Å²) in [6.45, 7) is 5.37. The van der Waals surface area contributed by atoms with Crippen molar-refractivity contribution in [2.24, 2.45) is 5.92 Å². The molecule has 0 bridgehead atoms. The van der Waals surface area contributed by atoms with Crippen LogP contribution in [0.4, 0.5) is 0 Å². The fourth-order valence-electron chi connectivity index (χ4n) is 4.04. The van der Waals surface area contributed by atoms with Crippen molar-refractivity contribution in [1.29, 1.82) is 0 Å².